The fourth-order valence-corrected chi connectivity index (χ4v) is 6.62. The number of fused-ring (bicyclic) bond motifs is 1. The Bertz CT molecular complexity index is 1490. The average molecular weight is 557 g/mol. The first-order valence-electron chi connectivity index (χ1n) is 12.2. The number of aliphatic imine (C=N–C) groups is 1. The summed E-state index contributed by atoms with van der Waals surface area (Å²) in [6.45, 7) is 7.33. The second kappa shape index (κ2) is 10.6. The van der Waals surface area contributed by atoms with Gasteiger partial charge in [-0.2, -0.15) is 5.26 Å². The molecule has 2 aromatic rings. The van der Waals surface area contributed by atoms with Crippen LogP contribution in [0.4, 0.5) is 15.0 Å². The summed E-state index contributed by atoms with van der Waals surface area (Å²) in [4.78, 5) is 38.2. The number of aromatic nitrogens is 2. The molecule has 2 aromatic heterocycles. The molecule has 14 heteroatoms. The number of nitrogens with one attached hydrogen (secondary N) is 2. The monoisotopic (exact) mass is 556 g/mol. The van der Waals surface area contributed by atoms with Gasteiger partial charge in [-0.05, 0) is 64.8 Å². The third kappa shape index (κ3) is 6.31. The zero-order chi connectivity index (χ0) is 28.4. The minimum absolute atomic E-state index is 0.0100. The summed E-state index contributed by atoms with van der Waals surface area (Å²) in [7, 11) is -3.14. The van der Waals surface area contributed by atoms with Crippen LogP contribution in [-0.4, -0.2) is 60.9 Å². The van der Waals surface area contributed by atoms with Gasteiger partial charge < -0.3 is 10.1 Å². The standard InChI is InChI=1S/C25H29FN8O4S/c1-24(2,3)38-23(36)32-22-33-25(4,15-39(37)29-11-5-6-12-34(22)39)20-17(26)8-10-19(30-20)31-21(35)18-9-7-16(13-27)14-28-18/h7-10,14H,5-6,11-12,15H2,1-4H3,(H,30,31,35)(H,32,33,36)/t25-,39+/m0/s1. The summed E-state index contributed by atoms with van der Waals surface area (Å²) >= 11 is 0. The van der Waals surface area contributed by atoms with Gasteiger partial charge in [-0.15, -0.1) is 0 Å². The Morgan fingerprint density at radius 3 is 2.64 bits per heavy atom. The summed E-state index contributed by atoms with van der Waals surface area (Å²) < 4.78 is 40.6. The van der Waals surface area contributed by atoms with E-state index in [4.69, 9.17) is 10.00 Å². The van der Waals surface area contributed by atoms with Crippen molar-refractivity contribution < 1.29 is 22.9 Å². The number of ether oxygens (including phenoxy) is 1. The van der Waals surface area contributed by atoms with E-state index >= 15 is 4.39 Å². The maximum absolute atomic E-state index is 15.2. The Hall–Kier alpha value is -4.12. The van der Waals surface area contributed by atoms with Crippen LogP contribution < -0.4 is 10.6 Å². The fraction of sp³-hybridized carbons (Fsp3) is 0.440. The van der Waals surface area contributed by atoms with Gasteiger partial charge in [0.05, 0.1) is 17.9 Å². The molecule has 0 saturated carbocycles. The minimum Gasteiger partial charge on any atom is -0.444 e. The SMILES string of the molecule is CC(C)(C)OC(=O)NC1=N[C@](C)(c2nc(NC(=O)c3ccc(C#N)cn3)ccc2F)C[S@@]2(=O)=NCCCCN12. The second-order valence-electron chi connectivity index (χ2n) is 10.3. The first kappa shape index (κ1) is 27.9. The van der Waals surface area contributed by atoms with Gasteiger partial charge >= 0.3 is 6.09 Å². The highest BCUT2D eigenvalue weighted by molar-refractivity contribution is 7.92. The number of rotatable bonds is 3. The van der Waals surface area contributed by atoms with E-state index in [1.54, 1.807) is 27.7 Å². The molecular formula is C25H29FN8O4S. The van der Waals surface area contributed by atoms with E-state index in [0.717, 1.165) is 6.07 Å². The second-order valence-corrected chi connectivity index (χ2v) is 12.5. The third-order valence-electron chi connectivity index (χ3n) is 5.80. The molecule has 2 aliphatic heterocycles. The first-order valence-corrected chi connectivity index (χ1v) is 13.9. The van der Waals surface area contributed by atoms with Crippen LogP contribution in [0.2, 0.25) is 0 Å². The van der Waals surface area contributed by atoms with Gasteiger partial charge in [0.15, 0.2) is 0 Å². The van der Waals surface area contributed by atoms with Gasteiger partial charge in [-0.3, -0.25) is 14.4 Å². The Labute approximate surface area is 226 Å². The van der Waals surface area contributed by atoms with E-state index in [0.29, 0.717) is 31.5 Å². The van der Waals surface area contributed by atoms with Crippen LogP contribution in [0.1, 0.15) is 62.3 Å². The molecule has 0 radical (unpaired) electrons. The van der Waals surface area contributed by atoms with Crippen molar-refractivity contribution in [1.29, 1.82) is 5.26 Å². The molecule has 4 rings (SSSR count). The summed E-state index contributed by atoms with van der Waals surface area (Å²) in [5, 5.41) is 14.1. The predicted molar refractivity (Wildman–Crippen MR) is 142 cm³/mol. The average Bonchev–Trinajstić information content (AvgIpc) is 3.05. The number of alkyl carbamates (subject to hydrolysis) is 1. The fourth-order valence-electron chi connectivity index (χ4n) is 4.11. The molecule has 0 aromatic carbocycles. The molecule has 0 spiro atoms. The highest BCUT2D eigenvalue weighted by atomic mass is 32.2. The molecule has 2 amide bonds. The van der Waals surface area contributed by atoms with E-state index in [1.807, 2.05) is 6.07 Å². The Morgan fingerprint density at radius 2 is 1.97 bits per heavy atom. The normalized spacial score (nSPS) is 22.8. The zero-order valence-corrected chi connectivity index (χ0v) is 22.8. The predicted octanol–water partition coefficient (Wildman–Crippen LogP) is 3.33. The summed E-state index contributed by atoms with van der Waals surface area (Å²) in [6.07, 6.45) is 1.82. The molecule has 206 valence electrons. The van der Waals surface area contributed by atoms with Crippen molar-refractivity contribution in [1.82, 2.24) is 19.6 Å². The van der Waals surface area contributed by atoms with Crippen LogP contribution in [0.15, 0.2) is 39.8 Å². The van der Waals surface area contributed by atoms with Crippen LogP contribution in [0.25, 0.3) is 0 Å². The molecule has 2 aliphatic rings. The third-order valence-corrected chi connectivity index (χ3v) is 8.37. The Morgan fingerprint density at radius 1 is 1.21 bits per heavy atom. The number of nitrogens with zero attached hydrogens (tertiary/aromatic N) is 6. The molecule has 0 aliphatic carbocycles. The topological polar surface area (TPSA) is 162 Å². The molecule has 2 atom stereocenters. The van der Waals surface area contributed by atoms with Gasteiger partial charge in [0, 0.05) is 12.7 Å². The Balaban J connectivity index is 1.71. The zero-order valence-electron chi connectivity index (χ0n) is 22.0. The highest BCUT2D eigenvalue weighted by Gasteiger charge is 2.44. The highest BCUT2D eigenvalue weighted by Crippen LogP contribution is 2.35. The van der Waals surface area contributed by atoms with Crippen molar-refractivity contribution in [2.75, 3.05) is 24.2 Å². The van der Waals surface area contributed by atoms with Crippen LogP contribution in [0, 0.1) is 17.1 Å². The van der Waals surface area contributed by atoms with Crippen LogP contribution >= 0.6 is 0 Å². The molecular weight excluding hydrogens is 527 g/mol. The minimum atomic E-state index is -3.14. The molecule has 4 heterocycles. The van der Waals surface area contributed by atoms with E-state index in [1.165, 1.54) is 28.7 Å². The van der Waals surface area contributed by atoms with Gasteiger partial charge in [-0.1, -0.05) is 0 Å². The molecule has 39 heavy (non-hydrogen) atoms. The van der Waals surface area contributed by atoms with E-state index < -0.39 is 38.9 Å². The number of carbonyl (C=O) groups is 2. The lowest BCUT2D eigenvalue weighted by Crippen LogP contribution is -2.55. The molecule has 0 saturated heterocycles. The van der Waals surface area contributed by atoms with Crippen molar-refractivity contribution >= 4 is 33.7 Å². The summed E-state index contributed by atoms with van der Waals surface area (Å²) in [5.74, 6) is -1.58. The van der Waals surface area contributed by atoms with Crippen LogP contribution in [0.5, 0.6) is 0 Å². The maximum atomic E-state index is 15.2. The molecule has 12 nitrogen and oxygen atoms in total. The summed E-state index contributed by atoms with van der Waals surface area (Å²) in [6, 6.07) is 7.14. The number of nitriles is 1. The van der Waals surface area contributed by atoms with Gasteiger partial charge in [-0.25, -0.2) is 32.7 Å². The quantitative estimate of drug-likeness (QED) is 0.586. The number of halogens is 1. The number of guanidine groups is 1. The first-order chi connectivity index (χ1) is 18.3. The summed E-state index contributed by atoms with van der Waals surface area (Å²) in [5.41, 5.74) is -2.17. The lowest BCUT2D eigenvalue weighted by molar-refractivity contribution is 0.0558. The van der Waals surface area contributed by atoms with Crippen molar-refractivity contribution in [2.24, 2.45) is 9.36 Å². The number of anilines is 1. The number of hydrogen-bond donors (Lipinski definition) is 2. The molecule has 2 N–H and O–H groups in total. The largest absolute Gasteiger partial charge is 0.444 e. The lowest BCUT2D eigenvalue weighted by Gasteiger charge is -2.39. The molecule has 0 fully saturated rings. The van der Waals surface area contributed by atoms with Crippen LogP contribution in [-0.2, 0) is 20.2 Å². The number of pyridine rings is 2. The van der Waals surface area contributed by atoms with Gasteiger partial charge in [0.2, 0.25) is 5.96 Å². The van der Waals surface area contributed by atoms with Crippen molar-refractivity contribution in [3.05, 3.63) is 53.2 Å². The maximum Gasteiger partial charge on any atom is 0.414 e. The van der Waals surface area contributed by atoms with E-state index in [9.17, 15) is 13.8 Å². The Kier molecular flexibility index (Phi) is 7.56. The van der Waals surface area contributed by atoms with Crippen molar-refractivity contribution in [2.45, 2.75) is 51.7 Å². The van der Waals surface area contributed by atoms with E-state index in [2.05, 4.69) is 30.0 Å². The van der Waals surface area contributed by atoms with E-state index in [-0.39, 0.29) is 28.9 Å². The molecule has 0 bridgehead atoms. The van der Waals surface area contributed by atoms with Gasteiger partial charge in [0.1, 0.15) is 50.1 Å². The van der Waals surface area contributed by atoms with Crippen molar-refractivity contribution in [3.8, 4) is 6.07 Å². The van der Waals surface area contributed by atoms with Gasteiger partial charge in [0.25, 0.3) is 5.91 Å². The molecule has 0 unspecified atom stereocenters. The van der Waals surface area contributed by atoms with Crippen molar-refractivity contribution in [3.63, 3.8) is 0 Å². The van der Waals surface area contributed by atoms with Crippen LogP contribution in [0.3, 0.4) is 0 Å². The number of amides is 2. The lowest BCUT2D eigenvalue weighted by atomic mass is 10.00. The number of hydrogen-bond acceptors (Lipinski definition) is 9. The smallest absolute Gasteiger partial charge is 0.414 e. The number of carbonyl (C=O) groups excluding carboxylic acids is 2.